The number of nitrogens with zero attached hydrogens (tertiary/aromatic N) is 1. The molecule has 0 unspecified atom stereocenters. The quantitative estimate of drug-likeness (QED) is 0.893. The van der Waals surface area contributed by atoms with Crippen LogP contribution in [-0.4, -0.2) is 19.0 Å². The van der Waals surface area contributed by atoms with Crippen LogP contribution in [0.4, 0.5) is 15.8 Å². The number of halogens is 2. The van der Waals surface area contributed by atoms with Crippen LogP contribution in [0.15, 0.2) is 42.5 Å². The molecule has 0 saturated carbocycles. The van der Waals surface area contributed by atoms with E-state index in [2.05, 4.69) is 5.32 Å². The molecule has 0 bridgehead atoms. The molecule has 2 aromatic rings. The fourth-order valence-corrected chi connectivity index (χ4v) is 2.36. The Kier molecular flexibility index (Phi) is 5.39. The van der Waals surface area contributed by atoms with Gasteiger partial charge in [0.2, 0.25) is 5.91 Å². The molecule has 0 aliphatic heterocycles. The summed E-state index contributed by atoms with van der Waals surface area (Å²) in [5, 5.41) is 3.00. The Morgan fingerprint density at radius 2 is 2.05 bits per heavy atom. The van der Waals surface area contributed by atoms with Crippen molar-refractivity contribution in [2.75, 3.05) is 23.3 Å². The van der Waals surface area contributed by atoms with Gasteiger partial charge < -0.3 is 10.2 Å². The average molecular weight is 321 g/mol. The van der Waals surface area contributed by atoms with Gasteiger partial charge >= 0.3 is 0 Å². The summed E-state index contributed by atoms with van der Waals surface area (Å²) in [5.74, 6) is -0.540. The normalized spacial score (nSPS) is 10.4. The van der Waals surface area contributed by atoms with Gasteiger partial charge in [0.15, 0.2) is 0 Å². The second kappa shape index (κ2) is 7.27. The molecule has 3 nitrogen and oxygen atoms in total. The molecule has 0 fully saturated rings. The zero-order valence-electron chi connectivity index (χ0n) is 12.6. The van der Waals surface area contributed by atoms with Gasteiger partial charge in [-0.3, -0.25) is 4.79 Å². The molecule has 0 aromatic heterocycles. The molecule has 0 aliphatic carbocycles. The summed E-state index contributed by atoms with van der Waals surface area (Å²) in [5.41, 5.74) is 2.58. The average Bonchev–Trinajstić information content (AvgIpc) is 2.49. The van der Waals surface area contributed by atoms with Gasteiger partial charge in [-0.05, 0) is 49.7 Å². The summed E-state index contributed by atoms with van der Waals surface area (Å²) in [6.07, 6.45) is 0. The molecule has 1 N–H and O–H groups in total. The van der Waals surface area contributed by atoms with E-state index in [0.29, 0.717) is 12.2 Å². The number of carbonyl (C=O) groups is 1. The molecular weight excluding hydrogens is 303 g/mol. The fraction of sp³-hybridized carbons (Fsp3) is 0.235. The van der Waals surface area contributed by atoms with Gasteiger partial charge in [0.05, 0.1) is 11.6 Å². The van der Waals surface area contributed by atoms with E-state index < -0.39 is 5.82 Å². The lowest BCUT2D eigenvalue weighted by Crippen LogP contribution is -2.35. The summed E-state index contributed by atoms with van der Waals surface area (Å²) >= 11 is 5.72. The molecule has 0 spiro atoms. The molecule has 5 heteroatoms. The number of amides is 1. The highest BCUT2D eigenvalue weighted by Gasteiger charge is 2.13. The molecule has 2 aromatic carbocycles. The standard InChI is InChI=1S/C17H18ClFN2O/c1-3-21(14-6-4-5-12(2)9-14)17(22)11-20-13-7-8-16(19)15(18)10-13/h4-10,20H,3,11H2,1-2H3. The maximum absolute atomic E-state index is 13.1. The van der Waals surface area contributed by atoms with E-state index in [4.69, 9.17) is 11.6 Å². The maximum Gasteiger partial charge on any atom is 0.246 e. The van der Waals surface area contributed by atoms with Gasteiger partial charge in [0.25, 0.3) is 0 Å². The molecule has 2 rings (SSSR count). The third kappa shape index (κ3) is 3.98. The Morgan fingerprint density at radius 1 is 1.27 bits per heavy atom. The minimum absolute atomic E-state index is 0.0310. The van der Waals surface area contributed by atoms with Crippen molar-refractivity contribution in [1.29, 1.82) is 0 Å². The van der Waals surface area contributed by atoms with Gasteiger partial charge in [-0.1, -0.05) is 23.7 Å². The number of nitrogens with one attached hydrogen (secondary N) is 1. The third-order valence-electron chi connectivity index (χ3n) is 3.29. The molecule has 0 aliphatic rings. The Hall–Kier alpha value is -2.07. The van der Waals surface area contributed by atoms with Crippen LogP contribution in [0.2, 0.25) is 5.02 Å². The lowest BCUT2D eigenvalue weighted by molar-refractivity contribution is -0.116. The van der Waals surface area contributed by atoms with E-state index in [1.165, 1.54) is 12.1 Å². The van der Waals surface area contributed by atoms with Crippen molar-refractivity contribution in [2.45, 2.75) is 13.8 Å². The smallest absolute Gasteiger partial charge is 0.246 e. The highest BCUT2D eigenvalue weighted by molar-refractivity contribution is 6.31. The van der Waals surface area contributed by atoms with Gasteiger partial charge in [-0.15, -0.1) is 0 Å². The number of hydrogen-bond donors (Lipinski definition) is 1. The van der Waals surface area contributed by atoms with Crippen LogP contribution >= 0.6 is 11.6 Å². The summed E-state index contributed by atoms with van der Waals surface area (Å²) in [6, 6.07) is 12.1. The minimum Gasteiger partial charge on any atom is -0.376 e. The van der Waals surface area contributed by atoms with Crippen molar-refractivity contribution in [3.8, 4) is 0 Å². The first-order chi connectivity index (χ1) is 10.5. The summed E-state index contributed by atoms with van der Waals surface area (Å²) in [4.78, 5) is 14.1. The van der Waals surface area contributed by atoms with Crippen LogP contribution < -0.4 is 10.2 Å². The molecule has 1 amide bonds. The van der Waals surface area contributed by atoms with Gasteiger partial charge in [-0.25, -0.2) is 4.39 Å². The Morgan fingerprint density at radius 3 is 2.68 bits per heavy atom. The van der Waals surface area contributed by atoms with E-state index >= 15 is 0 Å². The molecule has 0 saturated heterocycles. The first-order valence-electron chi connectivity index (χ1n) is 7.07. The van der Waals surface area contributed by atoms with Crippen molar-refractivity contribution in [3.63, 3.8) is 0 Å². The molecule has 0 heterocycles. The predicted octanol–water partition coefficient (Wildman–Crippen LogP) is 4.25. The first kappa shape index (κ1) is 16.3. The van der Waals surface area contributed by atoms with Crippen LogP contribution in [0.25, 0.3) is 0 Å². The van der Waals surface area contributed by atoms with Crippen molar-refractivity contribution in [3.05, 3.63) is 58.9 Å². The van der Waals surface area contributed by atoms with E-state index in [9.17, 15) is 9.18 Å². The van der Waals surface area contributed by atoms with Crippen LogP contribution in [0.5, 0.6) is 0 Å². The third-order valence-corrected chi connectivity index (χ3v) is 3.58. The number of hydrogen-bond acceptors (Lipinski definition) is 2. The highest BCUT2D eigenvalue weighted by atomic mass is 35.5. The molecule has 0 atom stereocenters. The molecule has 116 valence electrons. The number of likely N-dealkylation sites (N-methyl/N-ethyl adjacent to an activating group) is 1. The van der Waals surface area contributed by atoms with Crippen LogP contribution in [0, 0.1) is 12.7 Å². The van der Waals surface area contributed by atoms with Crippen LogP contribution in [0.3, 0.4) is 0 Å². The van der Waals surface area contributed by atoms with Crippen molar-refractivity contribution in [1.82, 2.24) is 0 Å². The van der Waals surface area contributed by atoms with Crippen molar-refractivity contribution in [2.24, 2.45) is 0 Å². The van der Waals surface area contributed by atoms with Gasteiger partial charge in [0.1, 0.15) is 5.82 Å². The second-order valence-corrected chi connectivity index (χ2v) is 5.37. The zero-order valence-corrected chi connectivity index (χ0v) is 13.3. The van der Waals surface area contributed by atoms with Crippen molar-refractivity contribution >= 4 is 28.9 Å². The number of benzene rings is 2. The number of rotatable bonds is 5. The van der Waals surface area contributed by atoms with E-state index in [1.54, 1.807) is 11.0 Å². The number of aryl methyl sites for hydroxylation is 1. The Balaban J connectivity index is 2.05. The van der Waals surface area contributed by atoms with Gasteiger partial charge in [-0.2, -0.15) is 0 Å². The second-order valence-electron chi connectivity index (χ2n) is 4.96. The Labute approximate surface area is 134 Å². The number of carbonyl (C=O) groups excluding carboxylic acids is 1. The monoisotopic (exact) mass is 320 g/mol. The lowest BCUT2D eigenvalue weighted by Gasteiger charge is -2.22. The molecular formula is C17H18ClFN2O. The minimum atomic E-state index is -0.478. The fourth-order valence-electron chi connectivity index (χ4n) is 2.18. The summed E-state index contributed by atoms with van der Waals surface area (Å²) in [7, 11) is 0. The lowest BCUT2D eigenvalue weighted by atomic mass is 10.2. The zero-order chi connectivity index (χ0) is 16.1. The van der Waals surface area contributed by atoms with E-state index in [-0.39, 0.29) is 17.5 Å². The first-order valence-corrected chi connectivity index (χ1v) is 7.45. The highest BCUT2D eigenvalue weighted by Crippen LogP contribution is 2.20. The largest absolute Gasteiger partial charge is 0.376 e. The van der Waals surface area contributed by atoms with Crippen LogP contribution in [0.1, 0.15) is 12.5 Å². The van der Waals surface area contributed by atoms with Gasteiger partial charge in [0, 0.05) is 17.9 Å². The summed E-state index contributed by atoms with van der Waals surface area (Å²) in [6.45, 7) is 4.60. The maximum atomic E-state index is 13.1. The summed E-state index contributed by atoms with van der Waals surface area (Å²) < 4.78 is 13.1. The predicted molar refractivity (Wildman–Crippen MR) is 89.1 cm³/mol. The SMILES string of the molecule is CCN(C(=O)CNc1ccc(F)c(Cl)c1)c1cccc(C)c1. The topological polar surface area (TPSA) is 32.3 Å². The van der Waals surface area contributed by atoms with E-state index in [0.717, 1.165) is 11.3 Å². The Bertz CT molecular complexity index is 675. The van der Waals surface area contributed by atoms with Crippen LogP contribution in [-0.2, 0) is 4.79 Å². The number of anilines is 2. The molecule has 22 heavy (non-hydrogen) atoms. The molecule has 0 radical (unpaired) electrons. The van der Waals surface area contributed by atoms with E-state index in [1.807, 2.05) is 38.1 Å². The van der Waals surface area contributed by atoms with Crippen molar-refractivity contribution < 1.29 is 9.18 Å².